The highest BCUT2D eigenvalue weighted by Gasteiger charge is 2.21. The quantitative estimate of drug-likeness (QED) is 0.155. The first kappa shape index (κ1) is 32.5. The van der Waals surface area contributed by atoms with E-state index in [4.69, 9.17) is 0 Å². The molecule has 0 spiro atoms. The number of carbonyl (C=O) groups is 1. The summed E-state index contributed by atoms with van der Waals surface area (Å²) in [5.74, 6) is 0.0960. The van der Waals surface area contributed by atoms with Gasteiger partial charge in [0.05, 0.1) is 6.42 Å². The molecule has 3 nitrogen and oxygen atoms in total. The molecule has 0 heterocycles. The van der Waals surface area contributed by atoms with Crippen LogP contribution in [-0.4, -0.2) is 16.2 Å². The van der Waals surface area contributed by atoms with Gasteiger partial charge in [-0.05, 0) is 40.9 Å². The Labute approximate surface area is 223 Å². The minimum Gasteiger partial charge on any atom is -0.507 e. The van der Waals surface area contributed by atoms with Crippen LogP contribution in [0.3, 0.4) is 0 Å². The van der Waals surface area contributed by atoms with E-state index in [0.29, 0.717) is 5.75 Å². The predicted octanol–water partition coefficient (Wildman–Crippen LogP) is 10.8. The number of hydrogen-bond donors (Lipinski definition) is 2. The summed E-state index contributed by atoms with van der Waals surface area (Å²) in [7, 11) is 0. The summed E-state index contributed by atoms with van der Waals surface area (Å²) in [6.45, 7) is 10.6. The minimum atomic E-state index is -0.734. The Hall–Kier alpha value is -1.51. The molecule has 2 N–H and O–H groups in total. The number of rotatable bonds is 22. The summed E-state index contributed by atoms with van der Waals surface area (Å²) in [6, 6.07) is 4.12. The predicted molar refractivity (Wildman–Crippen MR) is 155 cm³/mol. The van der Waals surface area contributed by atoms with Crippen LogP contribution in [0, 0.1) is 0 Å². The van der Waals surface area contributed by atoms with Gasteiger partial charge in [0.1, 0.15) is 5.75 Å². The fourth-order valence-electron chi connectivity index (χ4n) is 5.36. The van der Waals surface area contributed by atoms with Crippen LogP contribution >= 0.6 is 0 Å². The average molecular weight is 503 g/mol. The molecule has 0 aromatic heterocycles. The van der Waals surface area contributed by atoms with Crippen molar-refractivity contribution >= 4 is 5.97 Å². The van der Waals surface area contributed by atoms with Gasteiger partial charge in [0, 0.05) is 0 Å². The van der Waals surface area contributed by atoms with Crippen LogP contribution in [0.25, 0.3) is 0 Å². The van der Waals surface area contributed by atoms with Gasteiger partial charge < -0.3 is 10.2 Å². The van der Waals surface area contributed by atoms with Crippen molar-refractivity contribution in [2.75, 3.05) is 0 Å². The molecule has 0 saturated heterocycles. The van der Waals surface area contributed by atoms with E-state index in [1.54, 1.807) is 0 Å². The lowest BCUT2D eigenvalue weighted by Gasteiger charge is -2.22. The van der Waals surface area contributed by atoms with Crippen molar-refractivity contribution in [3.8, 4) is 5.75 Å². The normalized spacial score (nSPS) is 12.5. The first-order chi connectivity index (χ1) is 17.3. The maximum Gasteiger partial charge on any atom is 0.303 e. The second-order valence-corrected chi connectivity index (χ2v) is 11.7. The Balaban J connectivity index is 2.32. The van der Waals surface area contributed by atoms with Gasteiger partial charge in [-0.25, -0.2) is 0 Å². The van der Waals surface area contributed by atoms with Crippen LogP contribution in [0.1, 0.15) is 185 Å². The number of carboxylic acid groups (broad SMARTS) is 1. The third-order valence-electron chi connectivity index (χ3n) is 7.73. The zero-order valence-electron chi connectivity index (χ0n) is 24.4. The summed E-state index contributed by atoms with van der Waals surface area (Å²) in [5, 5.41) is 20.3. The van der Waals surface area contributed by atoms with Gasteiger partial charge in [-0.3, -0.25) is 4.79 Å². The molecular weight excluding hydrogens is 444 g/mol. The number of carboxylic acids is 1. The Morgan fingerprint density at radius 2 is 1.03 bits per heavy atom. The Morgan fingerprint density at radius 1 is 0.667 bits per heavy atom. The maximum absolute atomic E-state index is 11.6. The van der Waals surface area contributed by atoms with E-state index in [0.717, 1.165) is 29.5 Å². The topological polar surface area (TPSA) is 57.5 Å². The highest BCUT2D eigenvalue weighted by atomic mass is 16.4. The molecule has 1 aromatic rings. The zero-order valence-corrected chi connectivity index (χ0v) is 24.4. The van der Waals surface area contributed by atoms with Crippen LogP contribution in [0.2, 0.25) is 0 Å². The Kier molecular flexibility index (Phi) is 17.7. The number of unbranched alkanes of at least 4 members (excludes halogenated alkanes) is 15. The van der Waals surface area contributed by atoms with Crippen molar-refractivity contribution in [3.05, 3.63) is 28.8 Å². The van der Waals surface area contributed by atoms with E-state index in [1.165, 1.54) is 96.3 Å². The number of hydrogen-bond acceptors (Lipinski definition) is 2. The minimum absolute atomic E-state index is 0.0183. The van der Waals surface area contributed by atoms with Crippen molar-refractivity contribution in [2.45, 2.75) is 168 Å². The lowest BCUT2D eigenvalue weighted by atomic mass is 9.84. The van der Waals surface area contributed by atoms with E-state index in [2.05, 4.69) is 46.8 Å². The second kappa shape index (κ2) is 19.6. The second-order valence-electron chi connectivity index (χ2n) is 11.7. The van der Waals surface area contributed by atoms with Crippen LogP contribution in [0.5, 0.6) is 5.75 Å². The molecule has 0 radical (unpaired) electrons. The molecule has 1 aromatic carbocycles. The van der Waals surface area contributed by atoms with Gasteiger partial charge in [0.2, 0.25) is 0 Å². The molecule has 0 aliphatic carbocycles. The third kappa shape index (κ3) is 13.7. The largest absolute Gasteiger partial charge is 0.507 e. The van der Waals surface area contributed by atoms with Gasteiger partial charge in [-0.2, -0.15) is 0 Å². The summed E-state index contributed by atoms with van der Waals surface area (Å²) < 4.78 is 0. The van der Waals surface area contributed by atoms with E-state index < -0.39 is 5.97 Å². The molecule has 0 aliphatic heterocycles. The maximum atomic E-state index is 11.6. The average Bonchev–Trinajstić information content (AvgIpc) is 2.82. The van der Waals surface area contributed by atoms with Gasteiger partial charge in [0.15, 0.2) is 0 Å². The molecule has 0 bridgehead atoms. The van der Waals surface area contributed by atoms with Crippen molar-refractivity contribution in [2.24, 2.45) is 0 Å². The van der Waals surface area contributed by atoms with Crippen LogP contribution in [0.4, 0.5) is 0 Å². The standard InChI is InChI=1S/C33H58O3/c1-6-7-8-9-10-11-12-13-14-15-16-17-18-19-20-21-22-28(25-32(34)35)29-23-30(26(2)3)33(36)31(24-29)27(4)5/h23-24,26-28,36H,6-22,25H2,1-5H3,(H,34,35). The van der Waals surface area contributed by atoms with Crippen LogP contribution in [0.15, 0.2) is 12.1 Å². The lowest BCUT2D eigenvalue weighted by Crippen LogP contribution is -2.09. The third-order valence-corrected chi connectivity index (χ3v) is 7.73. The summed E-state index contributed by atoms with van der Waals surface area (Å²) in [6.07, 6.45) is 22.6. The molecule has 0 fully saturated rings. The van der Waals surface area contributed by atoms with Crippen molar-refractivity contribution in [1.29, 1.82) is 0 Å². The SMILES string of the molecule is CCCCCCCCCCCCCCCCCCC(CC(=O)O)c1cc(C(C)C)c(O)c(C(C)C)c1. The molecule has 3 heteroatoms. The summed E-state index contributed by atoms with van der Waals surface area (Å²) in [4.78, 5) is 11.6. The zero-order chi connectivity index (χ0) is 26.8. The highest BCUT2D eigenvalue weighted by Crippen LogP contribution is 2.38. The molecule has 0 amide bonds. The number of aromatic hydroxyl groups is 1. The Morgan fingerprint density at radius 3 is 1.36 bits per heavy atom. The fourth-order valence-corrected chi connectivity index (χ4v) is 5.36. The molecule has 1 atom stereocenters. The van der Waals surface area contributed by atoms with Gasteiger partial charge in [0.25, 0.3) is 0 Å². The molecule has 1 unspecified atom stereocenters. The summed E-state index contributed by atoms with van der Waals surface area (Å²) in [5.41, 5.74) is 2.97. The lowest BCUT2D eigenvalue weighted by molar-refractivity contribution is -0.137. The van der Waals surface area contributed by atoms with Gasteiger partial charge in [-0.15, -0.1) is 0 Å². The molecule has 1 rings (SSSR count). The monoisotopic (exact) mass is 502 g/mol. The molecule has 208 valence electrons. The first-order valence-electron chi connectivity index (χ1n) is 15.4. The molecule has 0 aliphatic rings. The smallest absolute Gasteiger partial charge is 0.303 e. The van der Waals surface area contributed by atoms with Crippen molar-refractivity contribution < 1.29 is 15.0 Å². The van der Waals surface area contributed by atoms with Gasteiger partial charge in [-0.1, -0.05) is 149 Å². The van der Waals surface area contributed by atoms with E-state index >= 15 is 0 Å². The van der Waals surface area contributed by atoms with Gasteiger partial charge >= 0.3 is 5.97 Å². The van der Waals surface area contributed by atoms with E-state index in [9.17, 15) is 15.0 Å². The molecule has 0 saturated carbocycles. The summed E-state index contributed by atoms with van der Waals surface area (Å²) >= 11 is 0. The first-order valence-corrected chi connectivity index (χ1v) is 15.4. The number of aliphatic carboxylic acids is 1. The number of phenolic OH excluding ortho intramolecular Hbond substituents is 1. The van der Waals surface area contributed by atoms with E-state index in [1.807, 2.05) is 0 Å². The van der Waals surface area contributed by atoms with Crippen molar-refractivity contribution in [3.63, 3.8) is 0 Å². The Bertz CT molecular complexity index is 678. The number of phenols is 1. The van der Waals surface area contributed by atoms with E-state index in [-0.39, 0.29) is 24.2 Å². The highest BCUT2D eigenvalue weighted by molar-refractivity contribution is 5.68. The molecule has 36 heavy (non-hydrogen) atoms. The van der Waals surface area contributed by atoms with Crippen molar-refractivity contribution in [1.82, 2.24) is 0 Å². The van der Waals surface area contributed by atoms with Crippen LogP contribution in [-0.2, 0) is 4.79 Å². The fraction of sp³-hybridized carbons (Fsp3) is 0.788. The number of benzene rings is 1. The van der Waals surface area contributed by atoms with Crippen LogP contribution < -0.4 is 0 Å². The molecular formula is C33H58O3.